The number of hydrogen-bond acceptors (Lipinski definition) is 2. The van der Waals surface area contributed by atoms with Gasteiger partial charge in [0.1, 0.15) is 6.10 Å². The number of cyclic esters (lactones) is 1. The van der Waals surface area contributed by atoms with Crippen molar-refractivity contribution in [2.45, 2.75) is 44.8 Å². The lowest BCUT2D eigenvalue weighted by molar-refractivity contribution is 0.127. The molecule has 3 heteroatoms. The number of amides is 1. The third-order valence-electron chi connectivity index (χ3n) is 2.87. The van der Waals surface area contributed by atoms with Gasteiger partial charge in [0.25, 0.3) is 0 Å². The summed E-state index contributed by atoms with van der Waals surface area (Å²) in [5.74, 6) is 0. The van der Waals surface area contributed by atoms with Gasteiger partial charge in [-0.1, -0.05) is 6.92 Å². The molecule has 2 saturated heterocycles. The first-order valence-corrected chi connectivity index (χ1v) is 4.80. The molecule has 2 aliphatic rings. The van der Waals surface area contributed by atoms with Crippen LogP contribution in [-0.4, -0.2) is 29.7 Å². The quantitative estimate of drug-likeness (QED) is 0.598. The second kappa shape index (κ2) is 2.96. The summed E-state index contributed by atoms with van der Waals surface area (Å²) >= 11 is 0. The van der Waals surface area contributed by atoms with Crippen molar-refractivity contribution in [1.82, 2.24) is 4.90 Å². The predicted molar refractivity (Wildman–Crippen MR) is 44.9 cm³/mol. The largest absolute Gasteiger partial charge is 0.444 e. The summed E-state index contributed by atoms with van der Waals surface area (Å²) in [6, 6.07) is 0.385. The highest BCUT2D eigenvalue weighted by Crippen LogP contribution is 2.29. The second-order valence-corrected chi connectivity index (χ2v) is 3.59. The summed E-state index contributed by atoms with van der Waals surface area (Å²) in [6.45, 7) is 2.98. The first-order chi connectivity index (χ1) is 5.83. The number of nitrogens with zero attached hydrogens (tertiary/aromatic N) is 1. The molecule has 0 bridgehead atoms. The van der Waals surface area contributed by atoms with Gasteiger partial charge in [-0.25, -0.2) is 4.79 Å². The Bertz CT molecular complexity index is 193. The predicted octanol–water partition coefficient (Wildman–Crippen LogP) is 1.77. The van der Waals surface area contributed by atoms with E-state index in [1.165, 1.54) is 6.42 Å². The average molecular weight is 169 g/mol. The van der Waals surface area contributed by atoms with E-state index in [9.17, 15) is 4.79 Å². The van der Waals surface area contributed by atoms with Crippen LogP contribution in [0.4, 0.5) is 4.79 Å². The molecular weight excluding hydrogens is 154 g/mol. The molecule has 2 heterocycles. The van der Waals surface area contributed by atoms with E-state index in [-0.39, 0.29) is 12.2 Å². The molecule has 0 unspecified atom stereocenters. The molecule has 2 fully saturated rings. The maximum absolute atomic E-state index is 11.3. The minimum absolute atomic E-state index is 0.0912. The molecule has 0 aromatic heterocycles. The third-order valence-corrected chi connectivity index (χ3v) is 2.87. The Hall–Kier alpha value is -0.730. The Labute approximate surface area is 72.7 Å². The number of hydrogen-bond donors (Lipinski definition) is 0. The summed E-state index contributed by atoms with van der Waals surface area (Å²) in [7, 11) is 0. The molecule has 2 aliphatic heterocycles. The van der Waals surface area contributed by atoms with Gasteiger partial charge in [0.15, 0.2) is 0 Å². The molecule has 12 heavy (non-hydrogen) atoms. The highest BCUT2D eigenvalue weighted by Gasteiger charge is 2.41. The number of piperidine rings is 1. The van der Waals surface area contributed by atoms with Gasteiger partial charge < -0.3 is 9.64 Å². The van der Waals surface area contributed by atoms with Crippen LogP contribution in [-0.2, 0) is 4.74 Å². The molecule has 2 atom stereocenters. The number of ether oxygens (including phenoxy) is 1. The first-order valence-electron chi connectivity index (χ1n) is 4.80. The van der Waals surface area contributed by atoms with E-state index in [0.717, 1.165) is 25.8 Å². The van der Waals surface area contributed by atoms with E-state index in [1.54, 1.807) is 0 Å². The van der Waals surface area contributed by atoms with Gasteiger partial charge in [-0.05, 0) is 25.7 Å². The van der Waals surface area contributed by atoms with Crippen LogP contribution in [0.1, 0.15) is 32.6 Å². The molecule has 0 aliphatic carbocycles. The smallest absolute Gasteiger partial charge is 0.410 e. The third kappa shape index (κ3) is 1.08. The fourth-order valence-corrected chi connectivity index (χ4v) is 2.20. The molecule has 1 amide bonds. The number of carbonyl (C=O) groups is 1. The van der Waals surface area contributed by atoms with Crippen molar-refractivity contribution in [3.8, 4) is 0 Å². The van der Waals surface area contributed by atoms with Crippen LogP contribution < -0.4 is 0 Å². The van der Waals surface area contributed by atoms with Crippen LogP contribution in [0.25, 0.3) is 0 Å². The standard InChI is InChI=1S/C9H15NO2/c1-2-8-7-5-3-4-6-10(7)9(11)12-8/h7-8H,2-6H2,1H3/t7-,8-/m0/s1. The maximum atomic E-state index is 11.3. The highest BCUT2D eigenvalue weighted by molar-refractivity contribution is 5.70. The minimum Gasteiger partial charge on any atom is -0.444 e. The SMILES string of the molecule is CC[C@@H]1OC(=O)N2CCCC[C@@H]12. The van der Waals surface area contributed by atoms with Gasteiger partial charge in [-0.15, -0.1) is 0 Å². The Kier molecular flexibility index (Phi) is 1.95. The van der Waals surface area contributed by atoms with Gasteiger partial charge in [-0.3, -0.25) is 0 Å². The van der Waals surface area contributed by atoms with Gasteiger partial charge >= 0.3 is 6.09 Å². The Balaban J connectivity index is 2.10. The average Bonchev–Trinajstić information content (AvgIpc) is 2.44. The van der Waals surface area contributed by atoms with E-state index in [1.807, 2.05) is 4.90 Å². The molecule has 2 rings (SSSR count). The van der Waals surface area contributed by atoms with Crippen molar-refractivity contribution in [2.24, 2.45) is 0 Å². The summed E-state index contributed by atoms with van der Waals surface area (Å²) < 4.78 is 5.24. The molecule has 0 radical (unpaired) electrons. The van der Waals surface area contributed by atoms with E-state index < -0.39 is 0 Å². The zero-order chi connectivity index (χ0) is 8.55. The zero-order valence-corrected chi connectivity index (χ0v) is 7.45. The highest BCUT2D eigenvalue weighted by atomic mass is 16.6. The number of carbonyl (C=O) groups excluding carboxylic acids is 1. The van der Waals surface area contributed by atoms with Crippen LogP contribution >= 0.6 is 0 Å². The normalized spacial score (nSPS) is 34.8. The number of fused-ring (bicyclic) bond motifs is 1. The van der Waals surface area contributed by atoms with E-state index in [2.05, 4.69) is 6.92 Å². The molecular formula is C9H15NO2. The van der Waals surface area contributed by atoms with Gasteiger partial charge in [0.2, 0.25) is 0 Å². The number of rotatable bonds is 1. The van der Waals surface area contributed by atoms with Crippen molar-refractivity contribution >= 4 is 6.09 Å². The molecule has 0 N–H and O–H groups in total. The van der Waals surface area contributed by atoms with Crippen molar-refractivity contribution < 1.29 is 9.53 Å². The fraction of sp³-hybridized carbons (Fsp3) is 0.889. The fourth-order valence-electron chi connectivity index (χ4n) is 2.20. The van der Waals surface area contributed by atoms with Crippen LogP contribution in [0.2, 0.25) is 0 Å². The van der Waals surface area contributed by atoms with Crippen molar-refractivity contribution in [2.75, 3.05) is 6.54 Å². The lowest BCUT2D eigenvalue weighted by Crippen LogP contribution is -2.40. The summed E-state index contributed by atoms with van der Waals surface area (Å²) in [5.41, 5.74) is 0. The van der Waals surface area contributed by atoms with Gasteiger partial charge in [-0.2, -0.15) is 0 Å². The van der Waals surface area contributed by atoms with E-state index in [0.29, 0.717) is 6.04 Å². The lowest BCUT2D eigenvalue weighted by Gasteiger charge is -2.28. The summed E-state index contributed by atoms with van der Waals surface area (Å²) in [5, 5.41) is 0. The molecule has 0 spiro atoms. The Morgan fingerprint density at radius 2 is 2.42 bits per heavy atom. The van der Waals surface area contributed by atoms with Crippen LogP contribution in [0.5, 0.6) is 0 Å². The summed E-state index contributed by atoms with van der Waals surface area (Å²) in [4.78, 5) is 13.2. The second-order valence-electron chi connectivity index (χ2n) is 3.59. The van der Waals surface area contributed by atoms with Crippen LogP contribution in [0, 0.1) is 0 Å². The van der Waals surface area contributed by atoms with Crippen LogP contribution in [0.3, 0.4) is 0 Å². The monoisotopic (exact) mass is 169 g/mol. The molecule has 68 valence electrons. The maximum Gasteiger partial charge on any atom is 0.410 e. The van der Waals surface area contributed by atoms with Crippen LogP contribution in [0.15, 0.2) is 0 Å². The Morgan fingerprint density at radius 3 is 3.17 bits per heavy atom. The van der Waals surface area contributed by atoms with Gasteiger partial charge in [0.05, 0.1) is 6.04 Å². The van der Waals surface area contributed by atoms with Gasteiger partial charge in [0, 0.05) is 6.54 Å². The van der Waals surface area contributed by atoms with E-state index >= 15 is 0 Å². The zero-order valence-electron chi connectivity index (χ0n) is 7.45. The van der Waals surface area contributed by atoms with E-state index in [4.69, 9.17) is 4.74 Å². The molecule has 0 aromatic carbocycles. The topological polar surface area (TPSA) is 29.5 Å². The Morgan fingerprint density at radius 1 is 1.58 bits per heavy atom. The molecule has 0 saturated carbocycles. The van der Waals surface area contributed by atoms with Crippen molar-refractivity contribution in [3.63, 3.8) is 0 Å². The lowest BCUT2D eigenvalue weighted by atomic mass is 9.98. The first kappa shape index (κ1) is 7.90. The summed E-state index contributed by atoms with van der Waals surface area (Å²) in [6.07, 6.45) is 4.54. The molecule has 0 aromatic rings. The van der Waals surface area contributed by atoms with Crippen molar-refractivity contribution in [3.05, 3.63) is 0 Å². The molecule has 3 nitrogen and oxygen atoms in total. The van der Waals surface area contributed by atoms with Crippen molar-refractivity contribution in [1.29, 1.82) is 0 Å². The minimum atomic E-state index is -0.0912.